The second-order valence-electron chi connectivity index (χ2n) is 4.92. The van der Waals surface area contributed by atoms with Gasteiger partial charge in [0, 0.05) is 37.6 Å². The van der Waals surface area contributed by atoms with Gasteiger partial charge in [0.15, 0.2) is 0 Å². The van der Waals surface area contributed by atoms with Crippen LogP contribution in [0.5, 0.6) is 0 Å². The van der Waals surface area contributed by atoms with Crippen LogP contribution in [0.25, 0.3) is 0 Å². The van der Waals surface area contributed by atoms with Gasteiger partial charge in [-0.2, -0.15) is 0 Å². The van der Waals surface area contributed by atoms with Crippen LogP contribution >= 0.6 is 37.2 Å². The minimum absolute atomic E-state index is 0. The minimum atomic E-state index is 0. The van der Waals surface area contributed by atoms with Crippen molar-refractivity contribution in [1.82, 2.24) is 4.90 Å². The van der Waals surface area contributed by atoms with Gasteiger partial charge in [-0.25, -0.2) is 0 Å². The summed E-state index contributed by atoms with van der Waals surface area (Å²) in [6, 6.07) is 4.16. The molecule has 118 valence electrons. The minimum Gasteiger partial charge on any atom is -0.399 e. The molecule has 3 nitrogen and oxygen atoms in total. The SMILES string of the molecule is CCN1CCN(c2c(C)cc(N)cc2C)CC1.Cl.Cl.Cl. The highest BCUT2D eigenvalue weighted by atomic mass is 35.5. The van der Waals surface area contributed by atoms with E-state index in [9.17, 15) is 0 Å². The lowest BCUT2D eigenvalue weighted by molar-refractivity contribution is 0.271. The van der Waals surface area contributed by atoms with E-state index in [0.29, 0.717) is 0 Å². The second-order valence-corrected chi connectivity index (χ2v) is 4.92. The number of nitrogens with two attached hydrogens (primary N) is 1. The average Bonchev–Trinajstić information content (AvgIpc) is 2.28. The Labute approximate surface area is 141 Å². The van der Waals surface area contributed by atoms with E-state index in [-0.39, 0.29) is 37.2 Å². The van der Waals surface area contributed by atoms with Crippen molar-refractivity contribution in [1.29, 1.82) is 0 Å². The molecule has 1 aromatic carbocycles. The Bertz CT molecular complexity index is 382. The number of benzene rings is 1. The van der Waals surface area contributed by atoms with E-state index in [2.05, 4.69) is 42.7 Å². The Kier molecular flexibility index (Phi) is 10.5. The third-order valence-corrected chi connectivity index (χ3v) is 3.65. The number of nitrogens with zero attached hydrogens (tertiary/aromatic N) is 2. The molecule has 1 aliphatic heterocycles. The summed E-state index contributed by atoms with van der Waals surface area (Å²) in [6.45, 7) is 12.3. The van der Waals surface area contributed by atoms with Crippen LogP contribution in [0.1, 0.15) is 18.1 Å². The van der Waals surface area contributed by atoms with E-state index < -0.39 is 0 Å². The van der Waals surface area contributed by atoms with Crippen molar-refractivity contribution < 1.29 is 0 Å². The molecule has 0 bridgehead atoms. The Morgan fingerprint density at radius 1 is 0.950 bits per heavy atom. The van der Waals surface area contributed by atoms with Gasteiger partial charge in [-0.05, 0) is 43.7 Å². The lowest BCUT2D eigenvalue weighted by atomic mass is 10.1. The molecule has 1 saturated heterocycles. The molecular weight excluding hydrogens is 317 g/mol. The van der Waals surface area contributed by atoms with Gasteiger partial charge in [-0.1, -0.05) is 6.92 Å². The van der Waals surface area contributed by atoms with Crippen LogP contribution in [0.4, 0.5) is 11.4 Å². The molecule has 1 aliphatic rings. The van der Waals surface area contributed by atoms with E-state index in [0.717, 1.165) is 25.3 Å². The van der Waals surface area contributed by atoms with Crippen molar-refractivity contribution in [2.45, 2.75) is 20.8 Å². The summed E-state index contributed by atoms with van der Waals surface area (Å²) in [5.41, 5.74) is 10.7. The topological polar surface area (TPSA) is 32.5 Å². The smallest absolute Gasteiger partial charge is 0.0428 e. The molecule has 0 atom stereocenters. The van der Waals surface area contributed by atoms with Gasteiger partial charge < -0.3 is 15.5 Å². The first-order valence-electron chi connectivity index (χ1n) is 6.46. The van der Waals surface area contributed by atoms with Gasteiger partial charge in [0.2, 0.25) is 0 Å². The summed E-state index contributed by atoms with van der Waals surface area (Å²) in [5, 5.41) is 0. The summed E-state index contributed by atoms with van der Waals surface area (Å²) in [7, 11) is 0. The molecule has 0 aromatic heterocycles. The van der Waals surface area contributed by atoms with Crippen LogP contribution in [0.15, 0.2) is 12.1 Å². The molecule has 1 heterocycles. The maximum Gasteiger partial charge on any atom is 0.0428 e. The Morgan fingerprint density at radius 2 is 1.40 bits per heavy atom. The van der Waals surface area contributed by atoms with Crippen molar-refractivity contribution in [2.24, 2.45) is 0 Å². The third-order valence-electron chi connectivity index (χ3n) is 3.65. The molecule has 0 amide bonds. The fourth-order valence-corrected chi connectivity index (χ4v) is 2.78. The monoisotopic (exact) mass is 341 g/mol. The molecule has 0 radical (unpaired) electrons. The van der Waals surface area contributed by atoms with E-state index in [4.69, 9.17) is 5.73 Å². The molecule has 1 aromatic rings. The van der Waals surface area contributed by atoms with Gasteiger partial charge in [0.25, 0.3) is 0 Å². The van der Waals surface area contributed by atoms with Gasteiger partial charge in [0.1, 0.15) is 0 Å². The van der Waals surface area contributed by atoms with Gasteiger partial charge >= 0.3 is 0 Å². The van der Waals surface area contributed by atoms with Crippen LogP contribution < -0.4 is 10.6 Å². The molecule has 2 N–H and O–H groups in total. The Balaban J connectivity index is 0. The number of hydrogen-bond donors (Lipinski definition) is 1. The van der Waals surface area contributed by atoms with E-state index in [1.807, 2.05) is 0 Å². The van der Waals surface area contributed by atoms with Crippen LogP contribution in [0.3, 0.4) is 0 Å². The van der Waals surface area contributed by atoms with Crippen LogP contribution in [-0.4, -0.2) is 37.6 Å². The fourth-order valence-electron chi connectivity index (χ4n) is 2.78. The van der Waals surface area contributed by atoms with E-state index in [1.54, 1.807) is 0 Å². The normalized spacial score (nSPS) is 14.8. The predicted octanol–water partition coefficient (Wildman–Crippen LogP) is 3.29. The number of likely N-dealkylation sites (N-methyl/N-ethyl adjacent to an activating group) is 1. The first-order valence-corrected chi connectivity index (χ1v) is 6.46. The van der Waals surface area contributed by atoms with Gasteiger partial charge in [-0.15, -0.1) is 37.2 Å². The zero-order valence-corrected chi connectivity index (χ0v) is 14.8. The fraction of sp³-hybridized carbons (Fsp3) is 0.571. The van der Waals surface area contributed by atoms with Gasteiger partial charge in [-0.3, -0.25) is 0 Å². The summed E-state index contributed by atoms with van der Waals surface area (Å²) in [5.74, 6) is 0. The zero-order chi connectivity index (χ0) is 12.4. The molecule has 1 fully saturated rings. The maximum absolute atomic E-state index is 5.87. The third kappa shape index (κ3) is 4.88. The van der Waals surface area contributed by atoms with Crippen molar-refractivity contribution in [3.63, 3.8) is 0 Å². The van der Waals surface area contributed by atoms with E-state index in [1.165, 1.54) is 29.9 Å². The molecule has 0 spiro atoms. The molecule has 0 aliphatic carbocycles. The molecule has 0 unspecified atom stereocenters. The van der Waals surface area contributed by atoms with Crippen molar-refractivity contribution in [3.05, 3.63) is 23.3 Å². The quantitative estimate of drug-likeness (QED) is 0.837. The first-order chi connectivity index (χ1) is 8.11. The summed E-state index contributed by atoms with van der Waals surface area (Å²) >= 11 is 0. The number of halogens is 3. The number of hydrogen-bond acceptors (Lipinski definition) is 3. The number of aryl methyl sites for hydroxylation is 2. The Hall–Kier alpha value is -0.350. The summed E-state index contributed by atoms with van der Waals surface area (Å²) in [4.78, 5) is 4.99. The van der Waals surface area contributed by atoms with Crippen molar-refractivity contribution in [2.75, 3.05) is 43.4 Å². The number of rotatable bonds is 2. The molecule has 0 saturated carbocycles. The standard InChI is InChI=1S/C14H23N3.3ClH/c1-4-16-5-7-17(8-6-16)14-11(2)9-13(15)10-12(14)3;;;/h9-10H,4-8,15H2,1-3H3;3*1H. The lowest BCUT2D eigenvalue weighted by Crippen LogP contribution is -2.46. The highest BCUT2D eigenvalue weighted by molar-refractivity contribution is 5.86. The highest BCUT2D eigenvalue weighted by Gasteiger charge is 2.18. The van der Waals surface area contributed by atoms with Crippen LogP contribution in [0, 0.1) is 13.8 Å². The van der Waals surface area contributed by atoms with Crippen LogP contribution in [-0.2, 0) is 0 Å². The highest BCUT2D eigenvalue weighted by Crippen LogP contribution is 2.28. The zero-order valence-electron chi connectivity index (χ0n) is 12.4. The predicted molar refractivity (Wildman–Crippen MR) is 96.4 cm³/mol. The average molecular weight is 343 g/mol. The summed E-state index contributed by atoms with van der Waals surface area (Å²) < 4.78 is 0. The van der Waals surface area contributed by atoms with Crippen molar-refractivity contribution >= 4 is 48.6 Å². The second kappa shape index (κ2) is 9.56. The van der Waals surface area contributed by atoms with Crippen LogP contribution in [0.2, 0.25) is 0 Å². The largest absolute Gasteiger partial charge is 0.399 e. The van der Waals surface area contributed by atoms with E-state index >= 15 is 0 Å². The first kappa shape index (κ1) is 21.9. The van der Waals surface area contributed by atoms with Crippen molar-refractivity contribution in [3.8, 4) is 0 Å². The summed E-state index contributed by atoms with van der Waals surface area (Å²) in [6.07, 6.45) is 0. The molecule has 2 rings (SSSR count). The number of piperazine rings is 1. The number of anilines is 2. The van der Waals surface area contributed by atoms with Gasteiger partial charge in [0.05, 0.1) is 0 Å². The lowest BCUT2D eigenvalue weighted by Gasteiger charge is -2.37. The molecule has 6 heteroatoms. The maximum atomic E-state index is 5.87. The molecule has 20 heavy (non-hydrogen) atoms. The Morgan fingerprint density at radius 3 is 1.80 bits per heavy atom. The molecular formula is C14H26Cl3N3. The number of nitrogen functional groups attached to an aromatic ring is 1.